The average molecular weight is 271 g/mol. The maximum atomic E-state index is 12.6. The normalized spacial score (nSPS) is 16.3. The maximum Gasteiger partial charge on any atom is 0.168 e. The highest BCUT2D eigenvalue weighted by Crippen LogP contribution is 2.39. The van der Waals surface area contributed by atoms with Crippen molar-refractivity contribution in [2.24, 2.45) is 11.8 Å². The maximum absolute atomic E-state index is 12.6. The Morgan fingerprint density at radius 1 is 1.45 bits per heavy atom. The molecule has 0 amide bonds. The Labute approximate surface area is 119 Å². The van der Waals surface area contributed by atoms with Gasteiger partial charge < -0.3 is 9.72 Å². The minimum absolute atomic E-state index is 0.134. The van der Waals surface area contributed by atoms with E-state index in [0.29, 0.717) is 12.5 Å². The van der Waals surface area contributed by atoms with E-state index in [9.17, 15) is 4.79 Å². The van der Waals surface area contributed by atoms with Crippen LogP contribution in [0.3, 0.4) is 0 Å². The number of carbonyl (C=O) groups is 1. The molecule has 3 nitrogen and oxygen atoms in total. The fraction of sp³-hybridized carbons (Fsp3) is 0.471. The van der Waals surface area contributed by atoms with Crippen molar-refractivity contribution in [3.63, 3.8) is 0 Å². The molecule has 1 fully saturated rings. The number of aromatic nitrogens is 1. The number of H-pyrrole nitrogens is 1. The third-order valence-corrected chi connectivity index (χ3v) is 4.13. The number of rotatable bonds is 6. The van der Waals surface area contributed by atoms with Gasteiger partial charge in [0.1, 0.15) is 5.75 Å². The van der Waals surface area contributed by atoms with Gasteiger partial charge in [0.05, 0.1) is 6.61 Å². The third kappa shape index (κ3) is 2.45. The van der Waals surface area contributed by atoms with E-state index in [-0.39, 0.29) is 11.7 Å². The Bertz CT molecular complexity index is 625. The first-order valence-electron chi connectivity index (χ1n) is 7.49. The van der Waals surface area contributed by atoms with Crippen LogP contribution in [0.1, 0.15) is 43.5 Å². The molecule has 3 heteroatoms. The summed E-state index contributed by atoms with van der Waals surface area (Å²) in [7, 11) is 0. The molecule has 1 saturated carbocycles. The van der Waals surface area contributed by atoms with Crippen molar-refractivity contribution in [1.29, 1.82) is 0 Å². The van der Waals surface area contributed by atoms with Crippen LogP contribution in [0.25, 0.3) is 10.9 Å². The molecule has 0 bridgehead atoms. The minimum atomic E-state index is 0.134. The van der Waals surface area contributed by atoms with Crippen molar-refractivity contribution >= 4 is 16.7 Å². The van der Waals surface area contributed by atoms with E-state index >= 15 is 0 Å². The quantitative estimate of drug-likeness (QED) is 0.801. The number of benzene rings is 1. The summed E-state index contributed by atoms with van der Waals surface area (Å²) in [6, 6.07) is 5.92. The van der Waals surface area contributed by atoms with E-state index in [2.05, 4.69) is 18.8 Å². The van der Waals surface area contributed by atoms with Crippen LogP contribution < -0.4 is 4.74 Å². The SMILES string of the molecule is CCCOc1ccc2[nH]cc(C(=O)C(C)C3CC3)c2c1. The first kappa shape index (κ1) is 13.2. The molecule has 0 radical (unpaired) electrons. The Kier molecular flexibility index (Phi) is 3.51. The van der Waals surface area contributed by atoms with Gasteiger partial charge >= 0.3 is 0 Å². The zero-order valence-electron chi connectivity index (χ0n) is 12.1. The van der Waals surface area contributed by atoms with Crippen molar-refractivity contribution in [1.82, 2.24) is 4.98 Å². The molecular formula is C17H21NO2. The Hall–Kier alpha value is -1.77. The first-order chi connectivity index (χ1) is 9.70. The van der Waals surface area contributed by atoms with Crippen LogP contribution >= 0.6 is 0 Å². The molecule has 3 rings (SSSR count). The fourth-order valence-corrected chi connectivity index (χ4v) is 2.67. The summed E-state index contributed by atoms with van der Waals surface area (Å²) in [6.45, 7) is 4.84. The lowest BCUT2D eigenvalue weighted by Gasteiger charge is -2.08. The van der Waals surface area contributed by atoms with Gasteiger partial charge in [0, 0.05) is 28.6 Å². The second-order valence-corrected chi connectivity index (χ2v) is 5.75. The number of Topliss-reactive ketones (excluding diaryl/α,β-unsaturated/α-hetero) is 1. The van der Waals surface area contributed by atoms with Gasteiger partial charge in [-0.1, -0.05) is 13.8 Å². The van der Waals surface area contributed by atoms with Crippen molar-refractivity contribution < 1.29 is 9.53 Å². The second kappa shape index (κ2) is 5.31. The van der Waals surface area contributed by atoms with Gasteiger partial charge in [-0.3, -0.25) is 4.79 Å². The van der Waals surface area contributed by atoms with Crippen LogP contribution in [0.5, 0.6) is 5.75 Å². The molecule has 0 aliphatic heterocycles. The van der Waals surface area contributed by atoms with Gasteiger partial charge in [0.25, 0.3) is 0 Å². The highest BCUT2D eigenvalue weighted by atomic mass is 16.5. The lowest BCUT2D eigenvalue weighted by atomic mass is 9.95. The molecule has 2 aromatic rings. The molecule has 1 atom stereocenters. The van der Waals surface area contributed by atoms with E-state index in [1.54, 1.807) is 0 Å². The van der Waals surface area contributed by atoms with E-state index in [1.165, 1.54) is 12.8 Å². The molecule has 1 aliphatic carbocycles. The number of nitrogens with one attached hydrogen (secondary N) is 1. The molecule has 1 aromatic carbocycles. The molecule has 1 N–H and O–H groups in total. The molecule has 0 saturated heterocycles. The van der Waals surface area contributed by atoms with Gasteiger partial charge in [0.15, 0.2) is 5.78 Å². The smallest absolute Gasteiger partial charge is 0.168 e. The monoisotopic (exact) mass is 271 g/mol. The Morgan fingerprint density at radius 3 is 2.95 bits per heavy atom. The Balaban J connectivity index is 1.91. The van der Waals surface area contributed by atoms with E-state index < -0.39 is 0 Å². The zero-order valence-corrected chi connectivity index (χ0v) is 12.1. The van der Waals surface area contributed by atoms with Crippen LogP contribution in [-0.4, -0.2) is 17.4 Å². The molecule has 1 aromatic heterocycles. The molecular weight excluding hydrogens is 250 g/mol. The topological polar surface area (TPSA) is 42.1 Å². The predicted molar refractivity (Wildman–Crippen MR) is 80.3 cm³/mol. The molecule has 1 aliphatic rings. The predicted octanol–water partition coefficient (Wildman–Crippen LogP) is 4.19. The molecule has 0 spiro atoms. The average Bonchev–Trinajstić information content (AvgIpc) is 3.23. The number of fused-ring (bicyclic) bond motifs is 1. The highest BCUT2D eigenvalue weighted by molar-refractivity contribution is 6.09. The number of hydrogen-bond donors (Lipinski definition) is 1. The van der Waals surface area contributed by atoms with Crippen LogP contribution in [0.4, 0.5) is 0 Å². The van der Waals surface area contributed by atoms with Crippen LogP contribution in [0.2, 0.25) is 0 Å². The third-order valence-electron chi connectivity index (χ3n) is 4.13. The van der Waals surface area contributed by atoms with Crippen LogP contribution in [0.15, 0.2) is 24.4 Å². The van der Waals surface area contributed by atoms with Crippen molar-refractivity contribution in [2.45, 2.75) is 33.1 Å². The number of ether oxygens (including phenoxy) is 1. The van der Waals surface area contributed by atoms with Crippen molar-refractivity contribution in [3.8, 4) is 5.75 Å². The number of ketones is 1. The van der Waals surface area contributed by atoms with Gasteiger partial charge in [-0.25, -0.2) is 0 Å². The molecule has 1 heterocycles. The minimum Gasteiger partial charge on any atom is -0.494 e. The van der Waals surface area contributed by atoms with E-state index in [0.717, 1.165) is 28.6 Å². The summed E-state index contributed by atoms with van der Waals surface area (Å²) in [5, 5.41) is 0.983. The van der Waals surface area contributed by atoms with Crippen molar-refractivity contribution in [2.75, 3.05) is 6.61 Å². The molecule has 106 valence electrons. The first-order valence-corrected chi connectivity index (χ1v) is 7.49. The standard InChI is InChI=1S/C17H21NO2/c1-3-8-20-13-6-7-16-14(9-13)15(10-18-16)17(19)11(2)12-4-5-12/h6-7,9-12,18H,3-5,8H2,1-2H3. The van der Waals surface area contributed by atoms with E-state index in [1.807, 2.05) is 24.4 Å². The van der Waals surface area contributed by atoms with Crippen LogP contribution in [0, 0.1) is 11.8 Å². The zero-order chi connectivity index (χ0) is 14.1. The highest BCUT2D eigenvalue weighted by Gasteiger charge is 2.33. The van der Waals surface area contributed by atoms with E-state index in [4.69, 9.17) is 4.74 Å². The summed E-state index contributed by atoms with van der Waals surface area (Å²) in [5.41, 5.74) is 1.81. The Morgan fingerprint density at radius 2 is 2.25 bits per heavy atom. The summed E-state index contributed by atoms with van der Waals surface area (Å²) in [5.74, 6) is 1.82. The van der Waals surface area contributed by atoms with Gasteiger partial charge in [-0.05, 0) is 43.4 Å². The summed E-state index contributed by atoms with van der Waals surface area (Å²) < 4.78 is 5.66. The molecule has 20 heavy (non-hydrogen) atoms. The largest absolute Gasteiger partial charge is 0.494 e. The lowest BCUT2D eigenvalue weighted by molar-refractivity contribution is 0.0918. The summed E-state index contributed by atoms with van der Waals surface area (Å²) >= 11 is 0. The summed E-state index contributed by atoms with van der Waals surface area (Å²) in [6.07, 6.45) is 5.21. The second-order valence-electron chi connectivity index (χ2n) is 5.75. The fourth-order valence-electron chi connectivity index (χ4n) is 2.67. The van der Waals surface area contributed by atoms with Crippen molar-refractivity contribution in [3.05, 3.63) is 30.0 Å². The van der Waals surface area contributed by atoms with Crippen LogP contribution in [-0.2, 0) is 0 Å². The molecule has 1 unspecified atom stereocenters. The lowest BCUT2D eigenvalue weighted by Crippen LogP contribution is -2.12. The van der Waals surface area contributed by atoms with Gasteiger partial charge in [0.2, 0.25) is 0 Å². The number of carbonyl (C=O) groups excluding carboxylic acids is 1. The summed E-state index contributed by atoms with van der Waals surface area (Å²) in [4.78, 5) is 15.8. The number of hydrogen-bond acceptors (Lipinski definition) is 2. The number of aromatic amines is 1. The van der Waals surface area contributed by atoms with Gasteiger partial charge in [-0.2, -0.15) is 0 Å². The van der Waals surface area contributed by atoms with Gasteiger partial charge in [-0.15, -0.1) is 0 Å².